The molecule has 1 N–H and O–H groups in total. The first-order valence-corrected chi connectivity index (χ1v) is 13.2. The summed E-state index contributed by atoms with van der Waals surface area (Å²) in [5.41, 5.74) is 3.11. The molecule has 0 atom stereocenters. The van der Waals surface area contributed by atoms with Crippen LogP contribution >= 0.6 is 0 Å². The van der Waals surface area contributed by atoms with Crippen LogP contribution in [-0.4, -0.2) is 31.8 Å². The molecular weight excluding hydrogens is 426 g/mol. The molecule has 2 heterocycles. The molecule has 0 bridgehead atoms. The van der Waals surface area contributed by atoms with E-state index in [-0.39, 0.29) is 5.91 Å². The van der Waals surface area contributed by atoms with Gasteiger partial charge in [0.1, 0.15) is 11.5 Å². The maximum Gasteiger partial charge on any atom is 0.271 e. The highest BCUT2D eigenvalue weighted by molar-refractivity contribution is 5.94. The van der Waals surface area contributed by atoms with Crippen molar-refractivity contribution in [3.63, 3.8) is 0 Å². The summed E-state index contributed by atoms with van der Waals surface area (Å²) in [7, 11) is 0. The summed E-state index contributed by atoms with van der Waals surface area (Å²) in [6.07, 6.45) is 16.7. The molecule has 1 amide bonds. The van der Waals surface area contributed by atoms with Crippen molar-refractivity contribution >= 4 is 18.0 Å². The number of hydrogen-bond donors (Lipinski definition) is 1. The zero-order chi connectivity index (χ0) is 23.8. The SMILES string of the molecule is CCCCCCCCCCOc1ccc(C(=O)N/N=C\c2ccc(N3CCCCCC3)o2)cc1. The Morgan fingerprint density at radius 3 is 2.32 bits per heavy atom. The predicted octanol–water partition coefficient (Wildman–Crippen LogP) is 6.94. The van der Waals surface area contributed by atoms with Gasteiger partial charge in [-0.1, -0.05) is 64.7 Å². The first-order chi connectivity index (χ1) is 16.8. The fraction of sp³-hybridized carbons (Fsp3) is 0.571. The third kappa shape index (κ3) is 9.24. The zero-order valence-corrected chi connectivity index (χ0v) is 20.8. The minimum Gasteiger partial charge on any atom is -0.494 e. The fourth-order valence-corrected chi connectivity index (χ4v) is 4.22. The van der Waals surface area contributed by atoms with Crippen LogP contribution in [0.25, 0.3) is 0 Å². The molecule has 1 aromatic carbocycles. The van der Waals surface area contributed by atoms with Gasteiger partial charge >= 0.3 is 0 Å². The lowest BCUT2D eigenvalue weighted by molar-refractivity contribution is 0.0955. The second-order valence-electron chi connectivity index (χ2n) is 9.12. The Hall–Kier alpha value is -2.76. The molecule has 0 aliphatic carbocycles. The lowest BCUT2D eigenvalue weighted by Gasteiger charge is -2.18. The zero-order valence-electron chi connectivity index (χ0n) is 20.8. The fourth-order valence-electron chi connectivity index (χ4n) is 4.22. The van der Waals surface area contributed by atoms with E-state index in [0.717, 1.165) is 31.1 Å². The van der Waals surface area contributed by atoms with Crippen LogP contribution < -0.4 is 15.1 Å². The van der Waals surface area contributed by atoms with Crippen LogP contribution in [0.2, 0.25) is 0 Å². The number of carbonyl (C=O) groups excluding carboxylic acids is 1. The summed E-state index contributed by atoms with van der Waals surface area (Å²) < 4.78 is 11.7. The third-order valence-corrected chi connectivity index (χ3v) is 6.27. The van der Waals surface area contributed by atoms with Crippen LogP contribution in [0.3, 0.4) is 0 Å². The van der Waals surface area contributed by atoms with Crippen molar-refractivity contribution in [2.24, 2.45) is 5.10 Å². The van der Waals surface area contributed by atoms with E-state index in [9.17, 15) is 4.79 Å². The molecule has 186 valence electrons. The van der Waals surface area contributed by atoms with Gasteiger partial charge in [-0.25, -0.2) is 5.43 Å². The first kappa shape index (κ1) is 25.9. The van der Waals surface area contributed by atoms with Crippen molar-refractivity contribution in [2.45, 2.75) is 84.0 Å². The Morgan fingerprint density at radius 1 is 0.941 bits per heavy atom. The molecule has 0 unspecified atom stereocenters. The number of furan rings is 1. The molecule has 0 spiro atoms. The monoisotopic (exact) mass is 467 g/mol. The summed E-state index contributed by atoms with van der Waals surface area (Å²) in [6.45, 7) is 5.02. The van der Waals surface area contributed by atoms with Gasteiger partial charge in [-0.15, -0.1) is 0 Å². The van der Waals surface area contributed by atoms with Gasteiger partial charge in [0, 0.05) is 24.7 Å². The number of hydrazone groups is 1. The van der Waals surface area contributed by atoms with E-state index in [4.69, 9.17) is 9.15 Å². The number of benzene rings is 1. The minimum absolute atomic E-state index is 0.259. The van der Waals surface area contributed by atoms with E-state index in [2.05, 4.69) is 22.4 Å². The highest BCUT2D eigenvalue weighted by Crippen LogP contribution is 2.21. The quantitative estimate of drug-likeness (QED) is 0.186. The van der Waals surface area contributed by atoms with Gasteiger partial charge in [0.15, 0.2) is 5.88 Å². The number of ether oxygens (including phenoxy) is 1. The number of carbonyl (C=O) groups is 1. The van der Waals surface area contributed by atoms with Crippen LogP contribution in [0, 0.1) is 0 Å². The molecule has 1 fully saturated rings. The molecule has 6 nitrogen and oxygen atoms in total. The van der Waals surface area contributed by atoms with E-state index in [1.165, 1.54) is 70.6 Å². The Balaban J connectivity index is 1.33. The minimum atomic E-state index is -0.259. The molecule has 1 saturated heterocycles. The lowest BCUT2D eigenvalue weighted by Crippen LogP contribution is -2.23. The predicted molar refractivity (Wildman–Crippen MR) is 139 cm³/mol. The number of anilines is 1. The number of nitrogens with one attached hydrogen (secondary N) is 1. The van der Waals surface area contributed by atoms with Crippen molar-refractivity contribution in [1.82, 2.24) is 5.43 Å². The Kier molecular flexibility index (Phi) is 11.6. The van der Waals surface area contributed by atoms with Gasteiger partial charge < -0.3 is 14.1 Å². The van der Waals surface area contributed by atoms with Crippen LogP contribution in [0.4, 0.5) is 5.88 Å². The smallest absolute Gasteiger partial charge is 0.271 e. The van der Waals surface area contributed by atoms with E-state index in [1.807, 2.05) is 24.3 Å². The maximum absolute atomic E-state index is 12.4. The molecule has 1 aromatic heterocycles. The Labute approximate surface area is 204 Å². The van der Waals surface area contributed by atoms with Crippen molar-refractivity contribution in [3.8, 4) is 5.75 Å². The normalized spacial score (nSPS) is 14.3. The summed E-state index contributed by atoms with van der Waals surface area (Å²) in [6, 6.07) is 11.1. The van der Waals surface area contributed by atoms with E-state index >= 15 is 0 Å². The van der Waals surface area contributed by atoms with Crippen LogP contribution in [0.15, 0.2) is 45.9 Å². The Bertz CT molecular complexity index is 852. The largest absolute Gasteiger partial charge is 0.494 e. The van der Waals surface area contributed by atoms with Crippen LogP contribution in [0.5, 0.6) is 5.75 Å². The topological polar surface area (TPSA) is 67.1 Å². The second kappa shape index (κ2) is 15.2. The lowest BCUT2D eigenvalue weighted by atomic mass is 10.1. The first-order valence-electron chi connectivity index (χ1n) is 13.2. The Morgan fingerprint density at radius 2 is 1.62 bits per heavy atom. The number of unbranched alkanes of at least 4 members (excludes halogenated alkanes) is 7. The van der Waals surface area contributed by atoms with E-state index in [1.54, 1.807) is 18.3 Å². The third-order valence-electron chi connectivity index (χ3n) is 6.27. The standard InChI is InChI=1S/C28H41N3O3/c1-2-3-4-5-6-7-10-13-22-33-25-16-14-24(15-17-25)28(32)30-29-23-26-18-19-27(34-26)31-20-11-8-9-12-21-31/h14-19,23H,2-13,20-22H2,1H3,(H,30,32)/b29-23-. The summed E-state index contributed by atoms with van der Waals surface area (Å²) in [5.74, 6) is 2.03. The van der Waals surface area contributed by atoms with Crippen LogP contribution in [0.1, 0.15) is 100 Å². The molecule has 1 aliphatic heterocycles. The summed E-state index contributed by atoms with van der Waals surface area (Å²) >= 11 is 0. The van der Waals surface area contributed by atoms with Gasteiger partial charge in [0.25, 0.3) is 5.91 Å². The van der Waals surface area contributed by atoms with Crippen LogP contribution in [-0.2, 0) is 0 Å². The average molecular weight is 468 g/mol. The van der Waals surface area contributed by atoms with Gasteiger partial charge in [0.2, 0.25) is 0 Å². The highest BCUT2D eigenvalue weighted by Gasteiger charge is 2.13. The molecule has 1 aliphatic rings. The molecule has 34 heavy (non-hydrogen) atoms. The number of nitrogens with zero attached hydrogens (tertiary/aromatic N) is 2. The summed E-state index contributed by atoms with van der Waals surface area (Å²) in [4.78, 5) is 14.6. The maximum atomic E-state index is 12.4. The van der Waals surface area contributed by atoms with Crippen molar-refractivity contribution in [3.05, 3.63) is 47.7 Å². The second-order valence-corrected chi connectivity index (χ2v) is 9.12. The molecule has 0 saturated carbocycles. The van der Waals surface area contributed by atoms with Gasteiger partial charge in [-0.05, 0) is 49.6 Å². The summed E-state index contributed by atoms with van der Waals surface area (Å²) in [5, 5.41) is 4.05. The molecule has 3 rings (SSSR count). The average Bonchev–Trinajstić information content (AvgIpc) is 3.16. The van der Waals surface area contributed by atoms with Crippen molar-refractivity contribution < 1.29 is 13.9 Å². The number of amides is 1. The van der Waals surface area contributed by atoms with Gasteiger partial charge in [-0.2, -0.15) is 5.10 Å². The van der Waals surface area contributed by atoms with E-state index < -0.39 is 0 Å². The molecule has 6 heteroatoms. The number of hydrogen-bond acceptors (Lipinski definition) is 5. The molecular formula is C28H41N3O3. The van der Waals surface area contributed by atoms with Crippen molar-refractivity contribution in [2.75, 3.05) is 24.6 Å². The van der Waals surface area contributed by atoms with Gasteiger partial charge in [-0.3, -0.25) is 4.79 Å². The molecule has 2 aromatic rings. The van der Waals surface area contributed by atoms with Gasteiger partial charge in [0.05, 0.1) is 12.8 Å². The van der Waals surface area contributed by atoms with Crippen molar-refractivity contribution in [1.29, 1.82) is 0 Å². The number of rotatable bonds is 14. The van der Waals surface area contributed by atoms with E-state index in [0.29, 0.717) is 17.9 Å². The highest BCUT2D eigenvalue weighted by atomic mass is 16.5. The molecule has 0 radical (unpaired) electrons.